The van der Waals surface area contributed by atoms with E-state index >= 15 is 0 Å². The minimum atomic E-state index is -4.09. The van der Waals surface area contributed by atoms with Gasteiger partial charge in [-0.15, -0.1) is 0 Å². The Hall–Kier alpha value is -5.81. The average Bonchev–Trinajstić information content (AvgIpc) is 3.25. The second kappa shape index (κ2) is 22.3. The highest BCUT2D eigenvalue weighted by Gasteiger charge is 2.67. The Bertz CT molecular complexity index is 2180. The Balaban J connectivity index is 1.70. The fraction of sp³-hybridized carbons (Fsp3) is 0.535. The number of carbonyl (C=O) groups is 8. The molecule has 1 amide bonds. The third kappa shape index (κ3) is 12.8. The van der Waals surface area contributed by atoms with Crippen LogP contribution in [0.25, 0.3) is 0 Å². The number of esters is 7. The number of hydrogen-bond donors (Lipinski definition) is 1. The molecule has 3 aliphatic heterocycles. The van der Waals surface area contributed by atoms with Crippen molar-refractivity contribution in [3.63, 3.8) is 0 Å². The fourth-order valence-electron chi connectivity index (χ4n) is 7.56. The third-order valence-corrected chi connectivity index (χ3v) is 12.9. The zero-order valence-electron chi connectivity index (χ0n) is 38.2. The molecule has 1 spiro atoms. The van der Waals surface area contributed by atoms with Gasteiger partial charge in [-0.25, -0.2) is 23.7 Å². The number of ether oxygens (including phenoxy) is 10. The van der Waals surface area contributed by atoms with E-state index in [0.717, 1.165) is 34.6 Å². The van der Waals surface area contributed by atoms with Gasteiger partial charge in [-0.1, -0.05) is 36.4 Å². The van der Waals surface area contributed by atoms with Crippen LogP contribution in [0.1, 0.15) is 61.8 Å². The molecule has 0 unspecified atom stereocenters. The second-order valence-electron chi connectivity index (χ2n) is 15.9. The molecule has 1 N–H and O–H groups in total. The van der Waals surface area contributed by atoms with Crippen molar-refractivity contribution in [2.24, 2.45) is 0 Å². The van der Waals surface area contributed by atoms with Gasteiger partial charge in [-0.05, 0) is 52.5 Å². The van der Waals surface area contributed by atoms with Crippen LogP contribution in [-0.2, 0) is 85.2 Å². The number of nitrogens with one attached hydrogen (secondary N) is 1. The van der Waals surface area contributed by atoms with Gasteiger partial charge in [-0.2, -0.15) is 0 Å². The van der Waals surface area contributed by atoms with Crippen molar-refractivity contribution in [1.82, 2.24) is 14.7 Å². The monoisotopic (exact) mass is 963 g/mol. The molecule has 0 aliphatic carbocycles. The lowest BCUT2D eigenvalue weighted by molar-refractivity contribution is -0.389. The maximum atomic E-state index is 14.8. The molecular formula is C43H54N3O20P. The lowest BCUT2D eigenvalue weighted by Crippen LogP contribution is -2.74. The summed E-state index contributed by atoms with van der Waals surface area (Å²) in [4.78, 5) is 105. The molecule has 5 rings (SSSR count). The molecule has 0 radical (unpaired) electrons. The predicted octanol–water partition coefficient (Wildman–Crippen LogP) is 1.70. The molecule has 67 heavy (non-hydrogen) atoms. The first-order valence-electron chi connectivity index (χ1n) is 20.8. The zero-order valence-corrected chi connectivity index (χ0v) is 39.1. The molecule has 0 saturated carbocycles. The number of fused-ring (bicyclic) bond motifs is 1. The molecule has 3 fully saturated rings. The van der Waals surface area contributed by atoms with Crippen molar-refractivity contribution in [2.75, 3.05) is 41.4 Å². The molecule has 2 aromatic rings. The molecule has 24 heteroatoms. The summed E-state index contributed by atoms with van der Waals surface area (Å²) in [5, 5.41) is 2.58. The van der Waals surface area contributed by atoms with E-state index < -0.39 is 142 Å². The average molecular weight is 964 g/mol. The summed E-state index contributed by atoms with van der Waals surface area (Å²) < 4.78 is 82.4. The van der Waals surface area contributed by atoms with E-state index in [1.807, 2.05) is 0 Å². The van der Waals surface area contributed by atoms with Crippen molar-refractivity contribution < 1.29 is 94.8 Å². The highest BCUT2D eigenvalue weighted by molar-refractivity contribution is 7.53. The van der Waals surface area contributed by atoms with Crippen molar-refractivity contribution in [3.8, 4) is 0 Å². The number of hydrogen-bond acceptors (Lipinski definition) is 20. The van der Waals surface area contributed by atoms with Gasteiger partial charge in [0.2, 0.25) is 12.2 Å². The smallest absolute Gasteiger partial charge is 0.367 e. The first-order chi connectivity index (χ1) is 31.5. The summed E-state index contributed by atoms with van der Waals surface area (Å²) in [5.74, 6) is -10.4. The van der Waals surface area contributed by atoms with Gasteiger partial charge < -0.3 is 52.7 Å². The minimum absolute atomic E-state index is 0.0261. The molecule has 0 aromatic heterocycles. The maximum Gasteiger partial charge on any atom is 0.367 e. The van der Waals surface area contributed by atoms with Crippen LogP contribution in [-0.4, -0.2) is 165 Å². The Morgan fingerprint density at radius 3 is 1.85 bits per heavy atom. The van der Waals surface area contributed by atoms with Gasteiger partial charge in [0, 0.05) is 34.6 Å². The molecule has 3 aliphatic rings. The highest BCUT2D eigenvalue weighted by atomic mass is 31.2. The van der Waals surface area contributed by atoms with Crippen LogP contribution >= 0.6 is 7.67 Å². The van der Waals surface area contributed by atoms with Crippen molar-refractivity contribution >= 4 is 55.4 Å². The standard InChI is InChI=1S/C43H54N3O20P/c1-23(47)44-33-30(58-25(3)49)20-43(64-36(33)34(60-27(5)51)31(59-26(4)50)21-56-24(2)48)42(54)63-35-32(22-57-39(52)28-16-12-10-13-17-28)61-41(66-67(55,45(6)7)46(8)9)38(37(35)65-43)62-40(53)29-18-14-11-15-19-29/h10-19,30-38,41H,20-22H2,1-9H3,(H,44,47)/t30-,31+,32+,33+,34+,35-,36+,37-,38+,41+,43-/m0/s1. The Morgan fingerprint density at radius 2 is 1.33 bits per heavy atom. The summed E-state index contributed by atoms with van der Waals surface area (Å²) in [6.45, 7) is 3.75. The van der Waals surface area contributed by atoms with Crippen LogP contribution < -0.4 is 5.32 Å². The van der Waals surface area contributed by atoms with E-state index in [2.05, 4.69) is 5.32 Å². The Labute approximate surface area is 385 Å². The fourth-order valence-corrected chi connectivity index (χ4v) is 9.09. The van der Waals surface area contributed by atoms with Crippen molar-refractivity contribution in [2.45, 2.75) is 108 Å². The first-order valence-corrected chi connectivity index (χ1v) is 22.3. The number of nitrogens with zero attached hydrogens (tertiary/aromatic N) is 2. The van der Waals surface area contributed by atoms with E-state index in [0.29, 0.717) is 0 Å². The largest absolute Gasteiger partial charge is 0.462 e. The van der Waals surface area contributed by atoms with Gasteiger partial charge >= 0.3 is 49.5 Å². The Kier molecular flexibility index (Phi) is 17.4. The topological polar surface area (TPSA) is 274 Å². The molecule has 0 bridgehead atoms. The molecule has 11 atom stereocenters. The zero-order chi connectivity index (χ0) is 49.4. The lowest BCUT2D eigenvalue weighted by Gasteiger charge is -2.55. The van der Waals surface area contributed by atoms with Crippen molar-refractivity contribution in [1.29, 1.82) is 0 Å². The number of benzene rings is 2. The molecule has 23 nitrogen and oxygen atoms in total. The van der Waals surface area contributed by atoms with E-state index in [4.69, 9.17) is 51.9 Å². The van der Waals surface area contributed by atoms with Crippen LogP contribution in [0.4, 0.5) is 0 Å². The van der Waals surface area contributed by atoms with Gasteiger partial charge in [0.15, 0.2) is 24.4 Å². The SMILES string of the molecule is CC(=O)N[C@H]1[C@H]([C@H](OC(C)=O)[C@@H](COC(C)=O)OC(C)=O)O[C@@]2(C[C@@H]1OC(C)=O)O[C@H]1[C@@H](OC2=O)[C@@H](COC(=O)c2ccccc2)O[C@H](OP(=O)(N(C)C)N(C)C)[C@@H]1OC(=O)c1ccccc1. The third-order valence-electron chi connectivity index (χ3n) is 10.4. The summed E-state index contributed by atoms with van der Waals surface area (Å²) in [6.07, 6.45) is -16.5. The van der Waals surface area contributed by atoms with Gasteiger partial charge in [-0.3, -0.25) is 33.1 Å². The number of rotatable bonds is 17. The first kappa shape index (κ1) is 52.2. The summed E-state index contributed by atoms with van der Waals surface area (Å²) in [5.41, 5.74) is 0.172. The number of carbonyl (C=O) groups excluding carboxylic acids is 8. The van der Waals surface area contributed by atoms with Crippen molar-refractivity contribution in [3.05, 3.63) is 71.8 Å². The molecule has 366 valence electrons. The molecule has 2 aromatic carbocycles. The summed E-state index contributed by atoms with van der Waals surface area (Å²) >= 11 is 0. The number of amides is 1. The van der Waals surface area contributed by atoms with Crippen LogP contribution in [0, 0.1) is 0 Å². The quantitative estimate of drug-likeness (QED) is 0.134. The Morgan fingerprint density at radius 1 is 0.746 bits per heavy atom. The van der Waals surface area contributed by atoms with Gasteiger partial charge in [0.25, 0.3) is 5.79 Å². The second-order valence-corrected chi connectivity index (χ2v) is 18.7. The van der Waals surface area contributed by atoms with E-state index in [1.165, 1.54) is 61.8 Å². The van der Waals surface area contributed by atoms with E-state index in [-0.39, 0.29) is 11.1 Å². The summed E-state index contributed by atoms with van der Waals surface area (Å²) in [6, 6.07) is 14.0. The minimum Gasteiger partial charge on any atom is -0.462 e. The van der Waals surface area contributed by atoms with Crippen LogP contribution in [0.2, 0.25) is 0 Å². The molecule has 3 saturated heterocycles. The van der Waals surface area contributed by atoms with Crippen LogP contribution in [0.15, 0.2) is 60.7 Å². The van der Waals surface area contributed by atoms with Crippen LogP contribution in [0.5, 0.6) is 0 Å². The highest BCUT2D eigenvalue weighted by Crippen LogP contribution is 2.54. The normalized spacial score (nSPS) is 26.8. The maximum absolute atomic E-state index is 14.8. The van der Waals surface area contributed by atoms with Crippen LogP contribution in [0.3, 0.4) is 0 Å². The lowest BCUT2D eigenvalue weighted by atomic mass is 9.86. The summed E-state index contributed by atoms with van der Waals surface area (Å²) in [7, 11) is 1.71. The van der Waals surface area contributed by atoms with E-state index in [9.17, 15) is 42.9 Å². The molecular weight excluding hydrogens is 909 g/mol. The van der Waals surface area contributed by atoms with E-state index in [1.54, 1.807) is 36.4 Å². The molecule has 3 heterocycles. The predicted molar refractivity (Wildman–Crippen MR) is 225 cm³/mol. The van der Waals surface area contributed by atoms with Gasteiger partial charge in [0.1, 0.15) is 37.6 Å². The van der Waals surface area contributed by atoms with Gasteiger partial charge in [0.05, 0.1) is 23.6 Å².